The molecule has 0 atom stereocenters. The molecule has 5 heteroatoms. The van der Waals surface area contributed by atoms with Crippen molar-refractivity contribution in [3.63, 3.8) is 0 Å². The number of hydrogen-bond acceptors (Lipinski definition) is 4. The molecule has 0 aliphatic rings. The van der Waals surface area contributed by atoms with E-state index in [1.165, 1.54) is 18.7 Å². The van der Waals surface area contributed by atoms with Crippen LogP contribution in [0.5, 0.6) is 0 Å². The summed E-state index contributed by atoms with van der Waals surface area (Å²) in [5.74, 6) is -0.0887. The van der Waals surface area contributed by atoms with E-state index in [1.54, 1.807) is 12.3 Å². The maximum absolute atomic E-state index is 10.9. The molecule has 94 valence electrons. The number of amides is 1. The van der Waals surface area contributed by atoms with E-state index in [2.05, 4.69) is 10.3 Å². The summed E-state index contributed by atoms with van der Waals surface area (Å²) in [5, 5.41) is 12.2. The van der Waals surface area contributed by atoms with E-state index in [0.717, 1.165) is 15.6 Å². The van der Waals surface area contributed by atoms with Crippen molar-refractivity contribution < 1.29 is 4.79 Å². The largest absolute Gasteiger partial charge is 0.326 e. The Hall–Kier alpha value is -2.32. The van der Waals surface area contributed by atoms with Crippen molar-refractivity contribution in [2.24, 2.45) is 0 Å². The summed E-state index contributed by atoms with van der Waals surface area (Å²) in [6, 6.07) is 13.1. The van der Waals surface area contributed by atoms with Gasteiger partial charge in [-0.2, -0.15) is 5.26 Å². The van der Waals surface area contributed by atoms with Crippen molar-refractivity contribution in [3.05, 3.63) is 48.2 Å². The summed E-state index contributed by atoms with van der Waals surface area (Å²) in [4.78, 5) is 16.1. The lowest BCUT2D eigenvalue weighted by molar-refractivity contribution is -0.114. The highest BCUT2D eigenvalue weighted by Crippen LogP contribution is 2.26. The maximum Gasteiger partial charge on any atom is 0.221 e. The van der Waals surface area contributed by atoms with Gasteiger partial charge in [0.1, 0.15) is 11.1 Å². The quantitative estimate of drug-likeness (QED) is 0.930. The Balaban J connectivity index is 2.06. The highest BCUT2D eigenvalue weighted by molar-refractivity contribution is 7.99. The van der Waals surface area contributed by atoms with E-state index in [4.69, 9.17) is 5.26 Å². The fourth-order valence-corrected chi connectivity index (χ4v) is 2.19. The zero-order valence-electron chi connectivity index (χ0n) is 10.3. The molecule has 0 unspecified atom stereocenters. The van der Waals surface area contributed by atoms with E-state index < -0.39 is 0 Å². The summed E-state index contributed by atoms with van der Waals surface area (Å²) in [6.07, 6.45) is 1.55. The van der Waals surface area contributed by atoms with Crippen molar-refractivity contribution in [1.82, 2.24) is 4.98 Å². The number of nitrogens with one attached hydrogen (secondary N) is 1. The topological polar surface area (TPSA) is 65.8 Å². The van der Waals surface area contributed by atoms with Crippen LogP contribution in [0.4, 0.5) is 5.69 Å². The van der Waals surface area contributed by atoms with Gasteiger partial charge in [0.25, 0.3) is 0 Å². The molecule has 0 fully saturated rings. The first-order valence-corrected chi connectivity index (χ1v) is 6.41. The smallest absolute Gasteiger partial charge is 0.221 e. The van der Waals surface area contributed by atoms with Crippen molar-refractivity contribution in [2.75, 3.05) is 5.32 Å². The van der Waals surface area contributed by atoms with Gasteiger partial charge in [0.2, 0.25) is 5.91 Å². The van der Waals surface area contributed by atoms with Gasteiger partial charge in [0.05, 0.1) is 5.56 Å². The van der Waals surface area contributed by atoms with Gasteiger partial charge in [-0.3, -0.25) is 4.79 Å². The Labute approximate surface area is 115 Å². The van der Waals surface area contributed by atoms with Crippen molar-refractivity contribution in [2.45, 2.75) is 16.8 Å². The van der Waals surface area contributed by atoms with E-state index in [-0.39, 0.29) is 5.91 Å². The Morgan fingerprint density at radius 2 is 2.00 bits per heavy atom. The standard InChI is InChI=1S/C14H11N3OS/c1-10(18)17-12-3-5-13(6-4-12)19-14-7-2-11(8-15)9-16-14/h2-7,9H,1H3,(H,17,18). The second kappa shape index (κ2) is 6.03. The zero-order chi connectivity index (χ0) is 13.7. The highest BCUT2D eigenvalue weighted by Gasteiger charge is 2.00. The fraction of sp³-hybridized carbons (Fsp3) is 0.0714. The lowest BCUT2D eigenvalue weighted by atomic mass is 10.3. The van der Waals surface area contributed by atoms with Crippen LogP contribution in [0.1, 0.15) is 12.5 Å². The number of hydrogen-bond donors (Lipinski definition) is 1. The molecule has 19 heavy (non-hydrogen) atoms. The molecule has 1 amide bonds. The predicted molar refractivity (Wildman–Crippen MR) is 73.8 cm³/mol. The zero-order valence-corrected chi connectivity index (χ0v) is 11.1. The second-order valence-corrected chi connectivity index (χ2v) is 4.90. The predicted octanol–water partition coefficient (Wildman–Crippen LogP) is 3.06. The second-order valence-electron chi connectivity index (χ2n) is 3.80. The van der Waals surface area contributed by atoms with Gasteiger partial charge >= 0.3 is 0 Å². The minimum absolute atomic E-state index is 0.0887. The normalized spacial score (nSPS) is 9.68. The van der Waals surface area contributed by atoms with Crippen LogP contribution in [0, 0.1) is 11.3 Å². The molecule has 2 rings (SSSR count). The van der Waals surface area contributed by atoms with Crippen LogP contribution in [0.2, 0.25) is 0 Å². The summed E-state index contributed by atoms with van der Waals surface area (Å²) in [5.41, 5.74) is 1.31. The maximum atomic E-state index is 10.9. The van der Waals surface area contributed by atoms with Crippen molar-refractivity contribution >= 4 is 23.4 Å². The molecule has 1 heterocycles. The molecule has 0 aliphatic heterocycles. The first-order valence-electron chi connectivity index (χ1n) is 5.59. The van der Waals surface area contributed by atoms with Crippen LogP contribution >= 0.6 is 11.8 Å². The van der Waals surface area contributed by atoms with Gasteiger partial charge in [-0.25, -0.2) is 4.98 Å². The molecule has 1 N–H and O–H groups in total. The third-order valence-corrected chi connectivity index (χ3v) is 3.22. The molecule has 1 aromatic heterocycles. The summed E-state index contributed by atoms with van der Waals surface area (Å²) >= 11 is 1.50. The third-order valence-electron chi connectivity index (χ3n) is 2.26. The molecular weight excluding hydrogens is 258 g/mol. The van der Waals surface area contributed by atoms with Crippen LogP contribution in [-0.4, -0.2) is 10.9 Å². The number of pyridine rings is 1. The number of carbonyl (C=O) groups is 1. The molecular formula is C14H11N3OS. The van der Waals surface area contributed by atoms with Gasteiger partial charge in [-0.15, -0.1) is 0 Å². The molecule has 0 aliphatic carbocycles. The first kappa shape index (κ1) is 13.1. The Kier molecular flexibility index (Phi) is 4.16. The molecule has 4 nitrogen and oxygen atoms in total. The van der Waals surface area contributed by atoms with Gasteiger partial charge < -0.3 is 5.32 Å². The summed E-state index contributed by atoms with van der Waals surface area (Å²) in [6.45, 7) is 1.48. The summed E-state index contributed by atoms with van der Waals surface area (Å²) < 4.78 is 0. The minimum atomic E-state index is -0.0887. The van der Waals surface area contributed by atoms with E-state index >= 15 is 0 Å². The Bertz CT molecular complexity index is 615. The van der Waals surface area contributed by atoms with Crippen LogP contribution in [0.3, 0.4) is 0 Å². The van der Waals surface area contributed by atoms with Gasteiger partial charge in [-0.05, 0) is 36.4 Å². The van der Waals surface area contributed by atoms with Crippen molar-refractivity contribution in [1.29, 1.82) is 5.26 Å². The lowest BCUT2D eigenvalue weighted by Crippen LogP contribution is -2.05. The number of nitrogens with zero attached hydrogens (tertiary/aromatic N) is 2. The molecule has 0 bridgehead atoms. The molecule has 0 saturated carbocycles. The minimum Gasteiger partial charge on any atom is -0.326 e. The molecule has 1 aromatic carbocycles. The number of benzene rings is 1. The Morgan fingerprint density at radius 1 is 1.26 bits per heavy atom. The van der Waals surface area contributed by atoms with Gasteiger partial charge in [0, 0.05) is 23.7 Å². The average Bonchev–Trinajstić information content (AvgIpc) is 2.41. The SMILES string of the molecule is CC(=O)Nc1ccc(Sc2ccc(C#N)cn2)cc1. The van der Waals surface area contributed by atoms with Crippen LogP contribution in [0.25, 0.3) is 0 Å². The van der Waals surface area contributed by atoms with Gasteiger partial charge in [0.15, 0.2) is 0 Å². The summed E-state index contributed by atoms with van der Waals surface area (Å²) in [7, 11) is 0. The van der Waals surface area contributed by atoms with Crippen LogP contribution in [0.15, 0.2) is 52.5 Å². The molecule has 0 radical (unpaired) electrons. The number of nitriles is 1. The van der Waals surface area contributed by atoms with Crippen LogP contribution < -0.4 is 5.32 Å². The lowest BCUT2D eigenvalue weighted by Gasteiger charge is -2.04. The Morgan fingerprint density at radius 3 is 2.53 bits per heavy atom. The average molecular weight is 269 g/mol. The van der Waals surface area contributed by atoms with Gasteiger partial charge in [-0.1, -0.05) is 11.8 Å². The number of rotatable bonds is 3. The van der Waals surface area contributed by atoms with Crippen LogP contribution in [-0.2, 0) is 4.79 Å². The van der Waals surface area contributed by atoms with E-state index in [0.29, 0.717) is 5.56 Å². The molecule has 0 spiro atoms. The third kappa shape index (κ3) is 3.83. The molecule has 0 saturated heterocycles. The number of aromatic nitrogens is 1. The number of anilines is 1. The monoisotopic (exact) mass is 269 g/mol. The first-order chi connectivity index (χ1) is 9.17. The highest BCUT2D eigenvalue weighted by atomic mass is 32.2. The van der Waals surface area contributed by atoms with E-state index in [1.807, 2.05) is 36.4 Å². The fourth-order valence-electron chi connectivity index (χ4n) is 1.44. The molecule has 2 aromatic rings. The van der Waals surface area contributed by atoms with Crippen molar-refractivity contribution in [3.8, 4) is 6.07 Å². The number of carbonyl (C=O) groups excluding carboxylic acids is 1. The van der Waals surface area contributed by atoms with E-state index in [9.17, 15) is 4.79 Å².